The molecule has 1 aromatic rings. The lowest BCUT2D eigenvalue weighted by Crippen LogP contribution is -2.07. The molecule has 0 aromatic carbocycles. The summed E-state index contributed by atoms with van der Waals surface area (Å²) in [6.07, 6.45) is 2.68. The molecule has 1 heterocycles. The van der Waals surface area contributed by atoms with Gasteiger partial charge in [-0.15, -0.1) is 11.6 Å². The van der Waals surface area contributed by atoms with E-state index in [9.17, 15) is 0 Å². The van der Waals surface area contributed by atoms with Gasteiger partial charge in [0.15, 0.2) is 0 Å². The molecule has 0 aliphatic rings. The molecule has 0 fully saturated rings. The standard InChI is InChI=1S/C9H16ClN3S/c1-8(2)13-9(11-7-12-13)6-14-5-3-4-10/h7-8H,3-6H2,1-2H3. The number of aromatic nitrogens is 3. The van der Waals surface area contributed by atoms with Crippen molar-refractivity contribution in [2.75, 3.05) is 11.6 Å². The van der Waals surface area contributed by atoms with Crippen LogP contribution in [0.15, 0.2) is 6.33 Å². The zero-order valence-electron chi connectivity index (χ0n) is 8.61. The second-order valence-corrected chi connectivity index (χ2v) is 4.79. The minimum Gasteiger partial charge on any atom is -0.247 e. The summed E-state index contributed by atoms with van der Waals surface area (Å²) in [6.45, 7) is 4.23. The summed E-state index contributed by atoms with van der Waals surface area (Å²) in [7, 11) is 0. The van der Waals surface area contributed by atoms with E-state index in [4.69, 9.17) is 11.6 Å². The fraction of sp³-hybridized carbons (Fsp3) is 0.778. The molecule has 14 heavy (non-hydrogen) atoms. The molecule has 0 aliphatic heterocycles. The summed E-state index contributed by atoms with van der Waals surface area (Å²) in [5.74, 6) is 3.81. The van der Waals surface area contributed by atoms with Crippen LogP contribution in [0.1, 0.15) is 32.1 Å². The van der Waals surface area contributed by atoms with Crippen LogP contribution in [0, 0.1) is 0 Å². The number of alkyl halides is 1. The van der Waals surface area contributed by atoms with E-state index in [1.165, 1.54) is 0 Å². The summed E-state index contributed by atoms with van der Waals surface area (Å²) in [6, 6.07) is 0.390. The Morgan fingerprint density at radius 3 is 3.00 bits per heavy atom. The first-order valence-corrected chi connectivity index (χ1v) is 6.46. The summed E-state index contributed by atoms with van der Waals surface area (Å²) < 4.78 is 1.97. The summed E-state index contributed by atoms with van der Waals surface area (Å²) in [5.41, 5.74) is 0. The van der Waals surface area contributed by atoms with Gasteiger partial charge < -0.3 is 0 Å². The van der Waals surface area contributed by atoms with E-state index in [0.717, 1.165) is 29.6 Å². The first-order valence-electron chi connectivity index (χ1n) is 4.77. The minimum atomic E-state index is 0.390. The second-order valence-electron chi connectivity index (χ2n) is 3.31. The Kier molecular flexibility index (Phi) is 5.33. The van der Waals surface area contributed by atoms with Crippen LogP contribution < -0.4 is 0 Å². The molecule has 1 aromatic heterocycles. The van der Waals surface area contributed by atoms with Crippen molar-refractivity contribution >= 4 is 23.4 Å². The predicted octanol–water partition coefficient (Wildman–Crippen LogP) is 2.72. The van der Waals surface area contributed by atoms with Gasteiger partial charge >= 0.3 is 0 Å². The number of hydrogen-bond acceptors (Lipinski definition) is 3. The Labute approximate surface area is 94.2 Å². The van der Waals surface area contributed by atoms with Crippen molar-refractivity contribution in [1.82, 2.24) is 14.8 Å². The maximum Gasteiger partial charge on any atom is 0.138 e. The number of nitrogens with zero attached hydrogens (tertiary/aromatic N) is 3. The Morgan fingerprint density at radius 1 is 1.57 bits per heavy atom. The molecule has 0 spiro atoms. The fourth-order valence-corrected chi connectivity index (χ4v) is 2.30. The van der Waals surface area contributed by atoms with Crippen molar-refractivity contribution in [3.05, 3.63) is 12.2 Å². The van der Waals surface area contributed by atoms with Gasteiger partial charge in [-0.2, -0.15) is 16.9 Å². The van der Waals surface area contributed by atoms with Crippen LogP contribution in [-0.2, 0) is 5.75 Å². The molecule has 0 bridgehead atoms. The molecule has 0 aliphatic carbocycles. The number of hydrogen-bond donors (Lipinski definition) is 0. The molecule has 0 saturated heterocycles. The molecule has 5 heteroatoms. The molecule has 0 amide bonds. The minimum absolute atomic E-state index is 0.390. The van der Waals surface area contributed by atoms with Gasteiger partial charge in [0.05, 0.1) is 5.75 Å². The van der Waals surface area contributed by atoms with E-state index >= 15 is 0 Å². The van der Waals surface area contributed by atoms with Crippen molar-refractivity contribution in [2.45, 2.75) is 32.1 Å². The first kappa shape index (κ1) is 11.9. The van der Waals surface area contributed by atoms with Crippen LogP contribution >= 0.6 is 23.4 Å². The Balaban J connectivity index is 2.38. The van der Waals surface area contributed by atoms with Gasteiger partial charge in [-0.05, 0) is 26.0 Å². The molecular formula is C9H16ClN3S. The lowest BCUT2D eigenvalue weighted by Gasteiger charge is -2.08. The van der Waals surface area contributed by atoms with Crippen LogP contribution in [0.2, 0.25) is 0 Å². The first-order chi connectivity index (χ1) is 6.75. The monoisotopic (exact) mass is 233 g/mol. The van der Waals surface area contributed by atoms with Gasteiger partial charge in [-0.3, -0.25) is 0 Å². The highest BCUT2D eigenvalue weighted by atomic mass is 35.5. The molecule has 80 valence electrons. The van der Waals surface area contributed by atoms with Crippen molar-refractivity contribution in [3.8, 4) is 0 Å². The van der Waals surface area contributed by atoms with E-state index in [2.05, 4.69) is 23.9 Å². The Hall–Kier alpha value is -0.220. The van der Waals surface area contributed by atoms with E-state index in [1.807, 2.05) is 16.4 Å². The quantitative estimate of drug-likeness (QED) is 0.559. The number of rotatable bonds is 6. The van der Waals surface area contributed by atoms with E-state index < -0.39 is 0 Å². The van der Waals surface area contributed by atoms with Crippen LogP contribution in [-0.4, -0.2) is 26.4 Å². The molecule has 0 unspecified atom stereocenters. The zero-order valence-corrected chi connectivity index (χ0v) is 10.2. The zero-order chi connectivity index (χ0) is 10.4. The Bertz CT molecular complexity index is 262. The highest BCUT2D eigenvalue weighted by Gasteiger charge is 2.06. The van der Waals surface area contributed by atoms with Crippen molar-refractivity contribution in [2.24, 2.45) is 0 Å². The third-order valence-electron chi connectivity index (χ3n) is 1.79. The third kappa shape index (κ3) is 3.50. The van der Waals surface area contributed by atoms with Crippen molar-refractivity contribution in [3.63, 3.8) is 0 Å². The topological polar surface area (TPSA) is 30.7 Å². The second kappa shape index (κ2) is 6.30. The maximum atomic E-state index is 5.60. The van der Waals surface area contributed by atoms with Crippen LogP contribution in [0.4, 0.5) is 0 Å². The average Bonchev–Trinajstić information content (AvgIpc) is 2.60. The van der Waals surface area contributed by atoms with Gasteiger partial charge in [-0.25, -0.2) is 9.67 Å². The summed E-state index contributed by atoms with van der Waals surface area (Å²) in [4.78, 5) is 4.23. The lowest BCUT2D eigenvalue weighted by molar-refractivity contribution is 0.514. The predicted molar refractivity (Wildman–Crippen MR) is 61.9 cm³/mol. The smallest absolute Gasteiger partial charge is 0.138 e. The lowest BCUT2D eigenvalue weighted by atomic mass is 10.4. The van der Waals surface area contributed by atoms with Gasteiger partial charge in [0.1, 0.15) is 12.2 Å². The number of halogens is 1. The SMILES string of the molecule is CC(C)n1ncnc1CSCCCCl. The molecular weight excluding hydrogens is 218 g/mol. The summed E-state index contributed by atoms with van der Waals surface area (Å²) in [5, 5.41) is 4.18. The third-order valence-corrected chi connectivity index (χ3v) is 3.10. The van der Waals surface area contributed by atoms with Crippen LogP contribution in [0.25, 0.3) is 0 Å². The van der Waals surface area contributed by atoms with Gasteiger partial charge in [0, 0.05) is 11.9 Å². The molecule has 0 saturated carbocycles. The van der Waals surface area contributed by atoms with Crippen LogP contribution in [0.3, 0.4) is 0 Å². The number of thioether (sulfide) groups is 1. The molecule has 0 atom stereocenters. The summed E-state index contributed by atoms with van der Waals surface area (Å²) >= 11 is 7.46. The normalized spacial score (nSPS) is 11.1. The van der Waals surface area contributed by atoms with Crippen LogP contribution in [0.5, 0.6) is 0 Å². The van der Waals surface area contributed by atoms with Gasteiger partial charge in [-0.1, -0.05) is 0 Å². The highest BCUT2D eigenvalue weighted by molar-refractivity contribution is 7.98. The molecule has 0 radical (unpaired) electrons. The van der Waals surface area contributed by atoms with Gasteiger partial charge in [0.2, 0.25) is 0 Å². The van der Waals surface area contributed by atoms with E-state index in [-0.39, 0.29) is 0 Å². The maximum absolute atomic E-state index is 5.60. The molecule has 3 nitrogen and oxygen atoms in total. The average molecular weight is 234 g/mol. The molecule has 0 N–H and O–H groups in total. The van der Waals surface area contributed by atoms with E-state index in [0.29, 0.717) is 6.04 Å². The molecule has 1 rings (SSSR count). The van der Waals surface area contributed by atoms with Crippen molar-refractivity contribution < 1.29 is 0 Å². The van der Waals surface area contributed by atoms with E-state index in [1.54, 1.807) is 6.33 Å². The highest BCUT2D eigenvalue weighted by Crippen LogP contribution is 2.13. The fourth-order valence-electron chi connectivity index (χ4n) is 1.13. The van der Waals surface area contributed by atoms with Gasteiger partial charge in [0.25, 0.3) is 0 Å². The Morgan fingerprint density at radius 2 is 2.36 bits per heavy atom. The largest absolute Gasteiger partial charge is 0.247 e. The van der Waals surface area contributed by atoms with Crippen molar-refractivity contribution in [1.29, 1.82) is 0 Å².